The van der Waals surface area contributed by atoms with E-state index in [0.29, 0.717) is 30.0 Å². The summed E-state index contributed by atoms with van der Waals surface area (Å²) in [7, 11) is -2.58. The number of sulfonamides is 1. The van der Waals surface area contributed by atoms with Crippen LogP contribution in [0.1, 0.15) is 68.6 Å². The Morgan fingerprint density at radius 1 is 1.07 bits per heavy atom. The Kier molecular flexibility index (Phi) is 8.07. The summed E-state index contributed by atoms with van der Waals surface area (Å²) in [5.41, 5.74) is 4.87. The van der Waals surface area contributed by atoms with Gasteiger partial charge >= 0.3 is 6.09 Å². The molecule has 10 heteroatoms. The lowest BCUT2D eigenvalue weighted by molar-refractivity contribution is -0.0678. The van der Waals surface area contributed by atoms with E-state index >= 15 is 0 Å². The molecule has 9 nitrogen and oxygen atoms in total. The number of fused-ring (bicyclic) bond motifs is 4. The van der Waals surface area contributed by atoms with Crippen LogP contribution < -0.4 is 14.8 Å². The molecule has 2 aliphatic carbocycles. The second-order valence-electron chi connectivity index (χ2n) is 13.5. The predicted octanol–water partition coefficient (Wildman–Crippen LogP) is 6.61. The third-order valence-electron chi connectivity index (χ3n) is 9.71. The summed E-state index contributed by atoms with van der Waals surface area (Å²) in [6, 6.07) is 15.4. The Morgan fingerprint density at radius 2 is 1.77 bits per heavy atom. The molecule has 2 atom stereocenters. The summed E-state index contributed by atoms with van der Waals surface area (Å²) in [5.74, 6) is 1.40. The van der Waals surface area contributed by atoms with Crippen LogP contribution in [0.4, 0.5) is 10.7 Å². The van der Waals surface area contributed by atoms with Crippen molar-refractivity contribution >= 4 is 22.1 Å². The van der Waals surface area contributed by atoms with Crippen molar-refractivity contribution in [1.29, 1.82) is 0 Å². The maximum absolute atomic E-state index is 13.7. The number of aromatic nitrogens is 2. The second-order valence-corrected chi connectivity index (χ2v) is 15.2. The number of nitrogens with zero attached hydrogens (tertiary/aromatic N) is 2. The first-order chi connectivity index (χ1) is 20.9. The van der Waals surface area contributed by atoms with Gasteiger partial charge in [0.25, 0.3) is 10.0 Å². The number of hydrogen-bond donors (Lipinski definition) is 2. The summed E-state index contributed by atoms with van der Waals surface area (Å²) < 4.78 is 41.3. The van der Waals surface area contributed by atoms with Crippen molar-refractivity contribution in [2.45, 2.75) is 76.7 Å². The van der Waals surface area contributed by atoms with Crippen LogP contribution in [0.5, 0.6) is 5.88 Å². The van der Waals surface area contributed by atoms with Gasteiger partial charge in [0, 0.05) is 23.6 Å². The molecule has 44 heavy (non-hydrogen) atoms. The van der Waals surface area contributed by atoms with Gasteiger partial charge in [-0.25, -0.2) is 22.9 Å². The number of methoxy groups -OCH3 is 1. The molecule has 6 rings (SSSR count). The van der Waals surface area contributed by atoms with Gasteiger partial charge in [0.15, 0.2) is 0 Å². The molecule has 1 aromatic heterocycles. The minimum absolute atomic E-state index is 0.0101. The fourth-order valence-electron chi connectivity index (χ4n) is 7.96. The van der Waals surface area contributed by atoms with Crippen LogP contribution in [0.15, 0.2) is 53.4 Å². The zero-order valence-electron chi connectivity index (χ0n) is 26.1. The van der Waals surface area contributed by atoms with Crippen LogP contribution in [0.25, 0.3) is 11.3 Å². The Balaban J connectivity index is 1.36. The zero-order chi connectivity index (χ0) is 31.2. The van der Waals surface area contributed by atoms with Crippen molar-refractivity contribution in [3.8, 4) is 17.1 Å². The Bertz CT molecular complexity index is 1640. The van der Waals surface area contributed by atoms with Gasteiger partial charge in [0.1, 0.15) is 0 Å². The van der Waals surface area contributed by atoms with Gasteiger partial charge in [-0.3, -0.25) is 0 Å². The highest BCUT2D eigenvalue weighted by molar-refractivity contribution is 7.92. The molecule has 2 aromatic carbocycles. The Hall–Kier alpha value is -3.66. The van der Waals surface area contributed by atoms with E-state index in [1.165, 1.54) is 7.11 Å². The number of carbonyl (C=O) groups is 1. The first-order valence-electron chi connectivity index (χ1n) is 15.5. The standard InChI is InChI=1S/C34H42N4O5S/c1-20(2)12-24-19-43-29-14-28(30-21(3)8-6-9-22(30)4)36-32(37-29)38-44(40,41)27-11-7-10-23(13-27)31(24)25-15-34(16-25)17-26(18-34)35-33(39)42-5/h6-11,13-14,20,24-26,31H,12,15-19H2,1-5H3,(H,35,39)(H,36,37,38)/t24-,25?,26?,31?,34?/m1/s1. The number of nitrogens with one attached hydrogen (secondary N) is 2. The van der Waals surface area contributed by atoms with Crippen molar-refractivity contribution in [2.24, 2.45) is 23.2 Å². The van der Waals surface area contributed by atoms with Crippen LogP contribution in [0, 0.1) is 37.0 Å². The van der Waals surface area contributed by atoms with Gasteiger partial charge in [-0.1, -0.05) is 44.2 Å². The molecule has 2 fully saturated rings. The monoisotopic (exact) mass is 618 g/mol. The quantitative estimate of drug-likeness (QED) is 0.330. The topological polar surface area (TPSA) is 120 Å². The zero-order valence-corrected chi connectivity index (χ0v) is 26.9. The Labute approximate surface area is 260 Å². The summed E-state index contributed by atoms with van der Waals surface area (Å²) in [6.45, 7) is 8.93. The van der Waals surface area contributed by atoms with E-state index in [4.69, 9.17) is 9.47 Å². The number of carbonyl (C=O) groups excluding carboxylic acids is 1. The van der Waals surface area contributed by atoms with E-state index in [9.17, 15) is 13.2 Å². The normalized spacial score (nSPS) is 27.0. The average Bonchev–Trinajstić information content (AvgIpc) is 2.92. The molecule has 1 spiro atoms. The first kappa shape index (κ1) is 30.4. The molecule has 234 valence electrons. The molecule has 3 aromatic rings. The van der Waals surface area contributed by atoms with Crippen LogP contribution >= 0.6 is 0 Å². The highest BCUT2D eigenvalue weighted by Gasteiger charge is 2.56. The fourth-order valence-corrected chi connectivity index (χ4v) is 8.96. The summed E-state index contributed by atoms with van der Waals surface area (Å²) >= 11 is 0. The van der Waals surface area contributed by atoms with Crippen LogP contribution in [0.3, 0.4) is 0 Å². The van der Waals surface area contributed by atoms with E-state index in [1.807, 2.05) is 50.2 Å². The molecule has 0 radical (unpaired) electrons. The van der Waals surface area contributed by atoms with Crippen molar-refractivity contribution in [1.82, 2.24) is 15.3 Å². The highest BCUT2D eigenvalue weighted by atomic mass is 32.2. The molecule has 4 bridgehead atoms. The molecular formula is C34H42N4O5S. The van der Waals surface area contributed by atoms with Gasteiger partial charge in [0.05, 0.1) is 24.3 Å². The van der Waals surface area contributed by atoms with Gasteiger partial charge in [0.2, 0.25) is 11.8 Å². The van der Waals surface area contributed by atoms with E-state index in [-0.39, 0.29) is 40.2 Å². The van der Waals surface area contributed by atoms with Crippen molar-refractivity contribution < 1.29 is 22.7 Å². The number of rotatable bonds is 5. The molecule has 2 saturated carbocycles. The lowest BCUT2D eigenvalue weighted by atomic mass is 9.46. The van der Waals surface area contributed by atoms with Crippen molar-refractivity contribution in [3.63, 3.8) is 0 Å². The molecule has 1 unspecified atom stereocenters. The fraction of sp³-hybridized carbons (Fsp3) is 0.500. The van der Waals surface area contributed by atoms with Gasteiger partial charge in [-0.05, 0) is 97.9 Å². The smallest absolute Gasteiger partial charge is 0.407 e. The van der Waals surface area contributed by atoms with Gasteiger partial charge in [-0.2, -0.15) is 4.98 Å². The van der Waals surface area contributed by atoms with E-state index < -0.39 is 10.0 Å². The van der Waals surface area contributed by atoms with Crippen molar-refractivity contribution in [2.75, 3.05) is 18.4 Å². The second kappa shape index (κ2) is 11.7. The Morgan fingerprint density at radius 3 is 2.45 bits per heavy atom. The molecule has 1 amide bonds. The number of alkyl carbamates (subject to hydrolysis) is 1. The predicted molar refractivity (Wildman–Crippen MR) is 169 cm³/mol. The van der Waals surface area contributed by atoms with Gasteiger partial charge in [-0.15, -0.1) is 0 Å². The highest BCUT2D eigenvalue weighted by Crippen LogP contribution is 2.63. The average molecular weight is 619 g/mol. The molecule has 2 heterocycles. The van der Waals surface area contributed by atoms with E-state index in [2.05, 4.69) is 39.9 Å². The number of benzene rings is 2. The number of amides is 1. The first-order valence-corrected chi connectivity index (χ1v) is 17.0. The number of ether oxygens (including phenoxy) is 2. The van der Waals surface area contributed by atoms with Crippen LogP contribution in [-0.2, 0) is 14.8 Å². The summed E-state index contributed by atoms with van der Waals surface area (Å²) in [4.78, 5) is 21.1. The largest absolute Gasteiger partial charge is 0.477 e. The van der Waals surface area contributed by atoms with Gasteiger partial charge < -0.3 is 14.8 Å². The maximum atomic E-state index is 13.7. The minimum atomic E-state index is -3.96. The van der Waals surface area contributed by atoms with Crippen molar-refractivity contribution in [3.05, 3.63) is 65.2 Å². The van der Waals surface area contributed by atoms with E-state index in [0.717, 1.165) is 54.4 Å². The number of anilines is 1. The lowest BCUT2D eigenvalue weighted by Gasteiger charge is -2.60. The molecular weight excluding hydrogens is 576 g/mol. The maximum Gasteiger partial charge on any atom is 0.407 e. The molecule has 2 N–H and O–H groups in total. The molecule has 0 saturated heterocycles. The SMILES string of the molecule is COC(=O)NC1CC2(C1)CC(C1c3cccc(c3)S(=O)(=O)Nc3nc(cc(-c4c(C)cccc4C)n3)OC[C@H]1CC(C)C)C2. The summed E-state index contributed by atoms with van der Waals surface area (Å²) in [5, 5.41) is 2.94. The number of aryl methyl sites for hydroxylation is 2. The third kappa shape index (κ3) is 6.01. The minimum Gasteiger partial charge on any atom is -0.477 e. The number of hydrogen-bond acceptors (Lipinski definition) is 7. The van der Waals surface area contributed by atoms with E-state index in [1.54, 1.807) is 6.07 Å². The van der Waals surface area contributed by atoms with Crippen LogP contribution in [0.2, 0.25) is 0 Å². The molecule has 1 aliphatic heterocycles. The molecule has 3 aliphatic rings. The lowest BCUT2D eigenvalue weighted by Crippen LogP contribution is -2.57. The third-order valence-corrected chi connectivity index (χ3v) is 11.0. The summed E-state index contributed by atoms with van der Waals surface area (Å²) in [6.07, 6.45) is 4.51. The van der Waals surface area contributed by atoms with Crippen LogP contribution in [-0.4, -0.2) is 44.2 Å².